The standard InChI is InChI=1S/C15H21N3/c1-5-12-8-13(6-7-15(12)16)14-9-18(10(2)3)17-11(14)4/h6-10H,5,16H2,1-4H3. The average molecular weight is 243 g/mol. The van der Waals surface area contributed by atoms with E-state index in [0.29, 0.717) is 6.04 Å². The molecule has 1 heterocycles. The number of benzene rings is 1. The molecule has 0 aliphatic heterocycles. The van der Waals surface area contributed by atoms with Gasteiger partial charge in [-0.1, -0.05) is 13.0 Å². The van der Waals surface area contributed by atoms with E-state index in [0.717, 1.165) is 17.8 Å². The van der Waals surface area contributed by atoms with Gasteiger partial charge >= 0.3 is 0 Å². The summed E-state index contributed by atoms with van der Waals surface area (Å²) in [5.74, 6) is 0. The largest absolute Gasteiger partial charge is 0.399 e. The van der Waals surface area contributed by atoms with Crippen LogP contribution in [0.4, 0.5) is 5.69 Å². The predicted octanol–water partition coefficient (Wildman–Crippen LogP) is 3.58. The molecule has 18 heavy (non-hydrogen) atoms. The van der Waals surface area contributed by atoms with Crippen molar-refractivity contribution in [1.82, 2.24) is 9.78 Å². The molecule has 1 aromatic heterocycles. The summed E-state index contributed by atoms with van der Waals surface area (Å²) in [5, 5.41) is 4.55. The smallest absolute Gasteiger partial charge is 0.0672 e. The summed E-state index contributed by atoms with van der Waals surface area (Å²) in [4.78, 5) is 0. The molecular weight excluding hydrogens is 222 g/mol. The van der Waals surface area contributed by atoms with Crippen LogP contribution in [0.25, 0.3) is 11.1 Å². The molecule has 0 radical (unpaired) electrons. The number of nitrogen functional groups attached to an aromatic ring is 1. The zero-order chi connectivity index (χ0) is 13.3. The van der Waals surface area contributed by atoms with E-state index in [1.165, 1.54) is 16.7 Å². The van der Waals surface area contributed by atoms with Crippen LogP contribution in [0, 0.1) is 6.92 Å². The van der Waals surface area contributed by atoms with Crippen molar-refractivity contribution in [1.29, 1.82) is 0 Å². The molecule has 2 aromatic rings. The second kappa shape index (κ2) is 4.84. The van der Waals surface area contributed by atoms with Gasteiger partial charge in [0.25, 0.3) is 0 Å². The Bertz CT molecular complexity index is 553. The van der Waals surface area contributed by atoms with Crippen molar-refractivity contribution in [3.8, 4) is 11.1 Å². The minimum atomic E-state index is 0.386. The summed E-state index contributed by atoms with van der Waals surface area (Å²) in [5.41, 5.74) is 11.5. The normalized spacial score (nSPS) is 11.2. The van der Waals surface area contributed by atoms with Gasteiger partial charge in [-0.25, -0.2) is 0 Å². The van der Waals surface area contributed by atoms with Gasteiger partial charge in [0.2, 0.25) is 0 Å². The zero-order valence-corrected chi connectivity index (χ0v) is 11.6. The third-order valence-electron chi connectivity index (χ3n) is 3.28. The molecule has 0 aliphatic carbocycles. The van der Waals surface area contributed by atoms with E-state index >= 15 is 0 Å². The highest BCUT2D eigenvalue weighted by atomic mass is 15.3. The molecule has 3 nitrogen and oxygen atoms in total. The molecule has 0 unspecified atom stereocenters. The molecule has 0 amide bonds. The number of hydrogen-bond donors (Lipinski definition) is 1. The first-order valence-electron chi connectivity index (χ1n) is 6.47. The summed E-state index contributed by atoms with van der Waals surface area (Å²) in [6.07, 6.45) is 3.07. The van der Waals surface area contributed by atoms with Gasteiger partial charge in [0.15, 0.2) is 0 Å². The molecule has 2 N–H and O–H groups in total. The monoisotopic (exact) mass is 243 g/mol. The third-order valence-corrected chi connectivity index (χ3v) is 3.28. The van der Waals surface area contributed by atoms with Crippen molar-refractivity contribution < 1.29 is 0 Å². The average Bonchev–Trinajstić information content (AvgIpc) is 2.72. The number of nitrogens with zero attached hydrogens (tertiary/aromatic N) is 2. The fourth-order valence-corrected chi connectivity index (χ4v) is 2.11. The Balaban J connectivity index is 2.48. The fourth-order valence-electron chi connectivity index (χ4n) is 2.11. The van der Waals surface area contributed by atoms with E-state index < -0.39 is 0 Å². The van der Waals surface area contributed by atoms with Gasteiger partial charge in [0.05, 0.1) is 5.69 Å². The Morgan fingerprint density at radius 3 is 2.61 bits per heavy atom. The number of aryl methyl sites for hydroxylation is 2. The van der Waals surface area contributed by atoms with Gasteiger partial charge in [0.1, 0.15) is 0 Å². The van der Waals surface area contributed by atoms with Crippen LogP contribution < -0.4 is 5.73 Å². The Hall–Kier alpha value is -1.77. The summed E-state index contributed by atoms with van der Waals surface area (Å²) < 4.78 is 2.01. The Kier molecular flexibility index (Phi) is 3.41. The van der Waals surface area contributed by atoms with Gasteiger partial charge in [-0.15, -0.1) is 0 Å². The first kappa shape index (κ1) is 12.7. The Morgan fingerprint density at radius 2 is 2.06 bits per heavy atom. The maximum absolute atomic E-state index is 5.95. The highest BCUT2D eigenvalue weighted by Crippen LogP contribution is 2.27. The Labute approximate surface area is 109 Å². The van der Waals surface area contributed by atoms with Crippen LogP contribution in [-0.4, -0.2) is 9.78 Å². The minimum Gasteiger partial charge on any atom is -0.399 e. The molecule has 0 spiro atoms. The molecule has 0 aliphatic rings. The van der Waals surface area contributed by atoms with Gasteiger partial charge in [0, 0.05) is 23.5 Å². The molecule has 0 bridgehead atoms. The van der Waals surface area contributed by atoms with Crippen LogP contribution in [0.3, 0.4) is 0 Å². The van der Waals surface area contributed by atoms with E-state index in [2.05, 4.69) is 51.1 Å². The third kappa shape index (κ3) is 2.26. The maximum Gasteiger partial charge on any atom is 0.0672 e. The Morgan fingerprint density at radius 1 is 1.33 bits per heavy atom. The molecule has 2 rings (SSSR count). The van der Waals surface area contributed by atoms with E-state index in [9.17, 15) is 0 Å². The lowest BCUT2D eigenvalue weighted by molar-refractivity contribution is 0.529. The first-order valence-corrected chi connectivity index (χ1v) is 6.47. The molecule has 0 fully saturated rings. The number of anilines is 1. The van der Waals surface area contributed by atoms with Crippen LogP contribution in [0.5, 0.6) is 0 Å². The van der Waals surface area contributed by atoms with Crippen LogP contribution in [0.1, 0.15) is 38.1 Å². The molecule has 0 saturated heterocycles. The van der Waals surface area contributed by atoms with Gasteiger partial charge in [-0.3, -0.25) is 4.68 Å². The van der Waals surface area contributed by atoms with Crippen LogP contribution in [-0.2, 0) is 6.42 Å². The lowest BCUT2D eigenvalue weighted by Crippen LogP contribution is -2.00. The first-order chi connectivity index (χ1) is 8.52. The van der Waals surface area contributed by atoms with Gasteiger partial charge in [-0.2, -0.15) is 5.10 Å². The molecule has 0 saturated carbocycles. The fraction of sp³-hybridized carbons (Fsp3) is 0.400. The minimum absolute atomic E-state index is 0.386. The number of hydrogen-bond acceptors (Lipinski definition) is 2. The van der Waals surface area contributed by atoms with Crippen molar-refractivity contribution in [3.63, 3.8) is 0 Å². The van der Waals surface area contributed by atoms with Crippen molar-refractivity contribution in [2.24, 2.45) is 0 Å². The quantitative estimate of drug-likeness (QED) is 0.837. The van der Waals surface area contributed by atoms with E-state index in [4.69, 9.17) is 5.73 Å². The highest BCUT2D eigenvalue weighted by Gasteiger charge is 2.10. The second-order valence-corrected chi connectivity index (χ2v) is 4.97. The van der Waals surface area contributed by atoms with E-state index in [-0.39, 0.29) is 0 Å². The summed E-state index contributed by atoms with van der Waals surface area (Å²) in [6, 6.07) is 6.62. The molecule has 1 aromatic carbocycles. The molecular formula is C15H21N3. The SMILES string of the molecule is CCc1cc(-c2cn(C(C)C)nc2C)ccc1N. The van der Waals surface area contributed by atoms with Crippen molar-refractivity contribution in [2.45, 2.75) is 40.2 Å². The second-order valence-electron chi connectivity index (χ2n) is 4.97. The lowest BCUT2D eigenvalue weighted by Gasteiger charge is -2.06. The molecule has 3 heteroatoms. The van der Waals surface area contributed by atoms with E-state index in [1.54, 1.807) is 0 Å². The van der Waals surface area contributed by atoms with Gasteiger partial charge < -0.3 is 5.73 Å². The number of nitrogens with two attached hydrogens (primary N) is 1. The topological polar surface area (TPSA) is 43.8 Å². The van der Waals surface area contributed by atoms with Crippen molar-refractivity contribution in [2.75, 3.05) is 5.73 Å². The van der Waals surface area contributed by atoms with E-state index in [1.807, 2.05) is 10.7 Å². The number of rotatable bonds is 3. The zero-order valence-electron chi connectivity index (χ0n) is 11.6. The predicted molar refractivity (Wildman–Crippen MR) is 76.6 cm³/mol. The van der Waals surface area contributed by atoms with Crippen molar-refractivity contribution in [3.05, 3.63) is 35.7 Å². The van der Waals surface area contributed by atoms with Crippen molar-refractivity contribution >= 4 is 5.69 Å². The van der Waals surface area contributed by atoms with Crippen LogP contribution in [0.15, 0.2) is 24.4 Å². The summed E-state index contributed by atoms with van der Waals surface area (Å²) in [7, 11) is 0. The van der Waals surface area contributed by atoms with Gasteiger partial charge in [-0.05, 0) is 50.5 Å². The van der Waals surface area contributed by atoms with Crippen LogP contribution >= 0.6 is 0 Å². The number of aromatic nitrogens is 2. The summed E-state index contributed by atoms with van der Waals surface area (Å²) >= 11 is 0. The summed E-state index contributed by atoms with van der Waals surface area (Å²) in [6.45, 7) is 8.45. The maximum atomic E-state index is 5.95. The van der Waals surface area contributed by atoms with Crippen LogP contribution in [0.2, 0.25) is 0 Å². The molecule has 96 valence electrons. The highest BCUT2D eigenvalue weighted by molar-refractivity contribution is 5.69. The lowest BCUT2D eigenvalue weighted by atomic mass is 10.0. The molecule has 0 atom stereocenters.